The number of esters is 2. The molecule has 2 aliphatic rings. The van der Waals surface area contributed by atoms with Crippen molar-refractivity contribution in [2.45, 2.75) is 39.5 Å². The molecule has 2 aliphatic carbocycles. The Morgan fingerprint density at radius 2 is 1.41 bits per heavy atom. The highest BCUT2D eigenvalue weighted by Gasteiger charge is 2.75. The van der Waals surface area contributed by atoms with E-state index in [1.165, 1.54) is 0 Å². The zero-order valence-corrected chi connectivity index (χ0v) is 10.5. The molecule has 2 saturated carbocycles. The Labute approximate surface area is 102 Å². The van der Waals surface area contributed by atoms with Crippen molar-refractivity contribution < 1.29 is 19.1 Å². The number of ether oxygens (including phenoxy) is 2. The second kappa shape index (κ2) is 4.67. The van der Waals surface area contributed by atoms with Crippen LogP contribution in [0.4, 0.5) is 0 Å². The summed E-state index contributed by atoms with van der Waals surface area (Å²) in [6.45, 7) is 4.17. The van der Waals surface area contributed by atoms with Gasteiger partial charge in [-0.3, -0.25) is 9.59 Å². The molecule has 0 heterocycles. The first kappa shape index (κ1) is 12.4. The number of carbonyl (C=O) groups excluding carboxylic acids is 2. The van der Waals surface area contributed by atoms with Crippen LogP contribution in [-0.4, -0.2) is 25.2 Å². The zero-order chi connectivity index (χ0) is 12.5. The van der Waals surface area contributed by atoms with E-state index in [0.717, 1.165) is 25.7 Å². The number of carbonyl (C=O) groups is 2. The fourth-order valence-electron chi connectivity index (χ4n) is 3.31. The van der Waals surface area contributed by atoms with Crippen LogP contribution < -0.4 is 0 Å². The van der Waals surface area contributed by atoms with Crippen LogP contribution in [0.15, 0.2) is 0 Å². The molecule has 0 spiro atoms. The van der Waals surface area contributed by atoms with Crippen molar-refractivity contribution in [3.63, 3.8) is 0 Å². The number of rotatable bonds is 4. The quantitative estimate of drug-likeness (QED) is 0.556. The van der Waals surface area contributed by atoms with E-state index >= 15 is 0 Å². The molecule has 0 bridgehead atoms. The highest BCUT2D eigenvalue weighted by Crippen LogP contribution is 2.66. The normalized spacial score (nSPS) is 29.1. The van der Waals surface area contributed by atoms with E-state index in [0.29, 0.717) is 13.2 Å². The summed E-state index contributed by atoms with van der Waals surface area (Å²) in [5.41, 5.74) is -0.956. The van der Waals surface area contributed by atoms with Crippen LogP contribution in [0.3, 0.4) is 0 Å². The summed E-state index contributed by atoms with van der Waals surface area (Å²) >= 11 is 0. The molecular weight excluding hydrogens is 220 g/mol. The van der Waals surface area contributed by atoms with Gasteiger partial charge in [0.1, 0.15) is 0 Å². The third kappa shape index (κ3) is 1.74. The van der Waals surface area contributed by atoms with E-state index in [1.54, 1.807) is 13.8 Å². The van der Waals surface area contributed by atoms with Gasteiger partial charge in [-0.05, 0) is 38.5 Å². The lowest BCUT2D eigenvalue weighted by Crippen LogP contribution is -2.33. The predicted molar refractivity (Wildman–Crippen MR) is 61.1 cm³/mol. The Morgan fingerprint density at radius 1 is 1.00 bits per heavy atom. The Balaban J connectivity index is 2.19. The van der Waals surface area contributed by atoms with Crippen LogP contribution in [0.25, 0.3) is 0 Å². The average Bonchev–Trinajstić information content (AvgIpc) is 2.99. The molecule has 96 valence electrons. The summed E-state index contributed by atoms with van der Waals surface area (Å²) in [6.07, 6.45) is 4.09. The number of hydrogen-bond acceptors (Lipinski definition) is 4. The van der Waals surface area contributed by atoms with Crippen molar-refractivity contribution >= 4 is 11.9 Å². The van der Waals surface area contributed by atoms with Crippen molar-refractivity contribution in [1.29, 1.82) is 0 Å². The highest BCUT2D eigenvalue weighted by atomic mass is 16.6. The molecule has 0 aromatic heterocycles. The molecule has 2 rings (SSSR count). The van der Waals surface area contributed by atoms with Crippen molar-refractivity contribution in [2.24, 2.45) is 17.3 Å². The van der Waals surface area contributed by atoms with Gasteiger partial charge in [-0.2, -0.15) is 0 Å². The monoisotopic (exact) mass is 240 g/mol. The van der Waals surface area contributed by atoms with Crippen LogP contribution in [-0.2, 0) is 19.1 Å². The Bertz CT molecular complexity index is 291. The predicted octanol–water partition coefficient (Wildman–Crippen LogP) is 1.92. The van der Waals surface area contributed by atoms with E-state index in [9.17, 15) is 9.59 Å². The Morgan fingerprint density at radius 3 is 1.76 bits per heavy atom. The zero-order valence-electron chi connectivity index (χ0n) is 10.5. The maximum absolute atomic E-state index is 12.1. The molecule has 2 fully saturated rings. The lowest BCUT2D eigenvalue weighted by Gasteiger charge is -2.14. The third-order valence-electron chi connectivity index (χ3n) is 4.05. The van der Waals surface area contributed by atoms with Gasteiger partial charge in [0, 0.05) is 0 Å². The first-order valence-electron chi connectivity index (χ1n) is 6.54. The minimum Gasteiger partial charge on any atom is -0.465 e. The van der Waals surface area contributed by atoms with Crippen LogP contribution in [0.1, 0.15) is 39.5 Å². The van der Waals surface area contributed by atoms with Gasteiger partial charge >= 0.3 is 11.9 Å². The minimum atomic E-state index is -0.956. The summed E-state index contributed by atoms with van der Waals surface area (Å²) in [6, 6.07) is 0. The fraction of sp³-hybridized carbons (Fsp3) is 0.846. The molecule has 0 aromatic carbocycles. The fourth-order valence-corrected chi connectivity index (χ4v) is 3.31. The van der Waals surface area contributed by atoms with Gasteiger partial charge in [-0.1, -0.05) is 12.8 Å². The Hall–Kier alpha value is -1.06. The lowest BCUT2D eigenvalue weighted by molar-refractivity contribution is -0.165. The lowest BCUT2D eigenvalue weighted by atomic mass is 10.0. The molecule has 4 nitrogen and oxygen atoms in total. The first-order valence-corrected chi connectivity index (χ1v) is 6.54. The molecule has 0 N–H and O–H groups in total. The SMILES string of the molecule is CCOC(=O)C1(C(=O)OCC)[C@H]2CCCC[C@@H]21. The average molecular weight is 240 g/mol. The largest absolute Gasteiger partial charge is 0.465 e. The van der Waals surface area contributed by atoms with Crippen LogP contribution in [0.2, 0.25) is 0 Å². The molecule has 0 aromatic rings. The van der Waals surface area contributed by atoms with Gasteiger partial charge in [0.15, 0.2) is 5.41 Å². The highest BCUT2D eigenvalue weighted by molar-refractivity contribution is 6.04. The Kier molecular flexibility index (Phi) is 3.40. The molecule has 0 radical (unpaired) electrons. The van der Waals surface area contributed by atoms with Crippen molar-refractivity contribution in [3.8, 4) is 0 Å². The van der Waals surface area contributed by atoms with Crippen LogP contribution in [0.5, 0.6) is 0 Å². The number of fused-ring (bicyclic) bond motifs is 1. The van der Waals surface area contributed by atoms with Crippen molar-refractivity contribution in [3.05, 3.63) is 0 Å². The molecule has 0 aliphatic heterocycles. The maximum atomic E-state index is 12.1. The van der Waals surface area contributed by atoms with Crippen LogP contribution in [0, 0.1) is 17.3 Å². The summed E-state index contributed by atoms with van der Waals surface area (Å²) in [7, 11) is 0. The van der Waals surface area contributed by atoms with Gasteiger partial charge in [-0.25, -0.2) is 0 Å². The van der Waals surface area contributed by atoms with Crippen LogP contribution >= 0.6 is 0 Å². The first-order chi connectivity index (χ1) is 8.19. The van der Waals surface area contributed by atoms with Crippen molar-refractivity contribution in [2.75, 3.05) is 13.2 Å². The van der Waals surface area contributed by atoms with Crippen molar-refractivity contribution in [1.82, 2.24) is 0 Å². The van der Waals surface area contributed by atoms with Gasteiger partial charge in [0.2, 0.25) is 0 Å². The minimum absolute atomic E-state index is 0.161. The number of hydrogen-bond donors (Lipinski definition) is 0. The van der Waals surface area contributed by atoms with E-state index in [4.69, 9.17) is 9.47 Å². The van der Waals surface area contributed by atoms with Gasteiger partial charge < -0.3 is 9.47 Å². The summed E-state index contributed by atoms with van der Waals surface area (Å²) in [4.78, 5) is 24.2. The second-order valence-electron chi connectivity index (χ2n) is 4.81. The van der Waals surface area contributed by atoms with E-state index in [2.05, 4.69) is 0 Å². The standard InChI is InChI=1S/C13H20O4/c1-3-16-11(14)13(12(15)17-4-2)9-7-5-6-8-10(9)13/h9-10H,3-8H2,1-2H3/t9-,10-/m0/s1. The molecule has 2 atom stereocenters. The maximum Gasteiger partial charge on any atom is 0.324 e. The topological polar surface area (TPSA) is 52.6 Å². The summed E-state index contributed by atoms with van der Waals surface area (Å²) in [5, 5.41) is 0. The molecule has 0 saturated heterocycles. The van der Waals surface area contributed by atoms with Gasteiger partial charge in [-0.15, -0.1) is 0 Å². The molecule has 0 unspecified atom stereocenters. The third-order valence-corrected chi connectivity index (χ3v) is 4.05. The van der Waals surface area contributed by atoms with Gasteiger partial charge in [0.25, 0.3) is 0 Å². The molecular formula is C13H20O4. The molecule has 0 amide bonds. The summed E-state index contributed by atoms with van der Waals surface area (Å²) in [5.74, 6) is -0.408. The van der Waals surface area contributed by atoms with E-state index < -0.39 is 5.41 Å². The van der Waals surface area contributed by atoms with E-state index in [-0.39, 0.29) is 23.8 Å². The summed E-state index contributed by atoms with van der Waals surface area (Å²) < 4.78 is 10.2. The second-order valence-corrected chi connectivity index (χ2v) is 4.81. The van der Waals surface area contributed by atoms with E-state index in [1.807, 2.05) is 0 Å². The molecule has 4 heteroatoms. The molecule has 17 heavy (non-hydrogen) atoms. The van der Waals surface area contributed by atoms with Gasteiger partial charge in [0.05, 0.1) is 13.2 Å². The smallest absolute Gasteiger partial charge is 0.324 e.